The molecule has 142 valence electrons. The van der Waals surface area contributed by atoms with Crippen LogP contribution in [-0.4, -0.2) is 42.4 Å². The number of benzene rings is 1. The minimum atomic E-state index is -0.433. The maximum absolute atomic E-state index is 13.4. The lowest BCUT2D eigenvalue weighted by molar-refractivity contribution is 0.213. The van der Waals surface area contributed by atoms with Gasteiger partial charge in [0.15, 0.2) is 5.69 Å². The van der Waals surface area contributed by atoms with Gasteiger partial charge in [0.05, 0.1) is 12.8 Å². The van der Waals surface area contributed by atoms with Crippen LogP contribution in [0, 0.1) is 5.82 Å². The van der Waals surface area contributed by atoms with Gasteiger partial charge >= 0.3 is 6.03 Å². The van der Waals surface area contributed by atoms with E-state index >= 15 is 0 Å². The lowest BCUT2D eigenvalue weighted by Gasteiger charge is -2.24. The number of quaternary nitrogens is 1. The summed E-state index contributed by atoms with van der Waals surface area (Å²) in [5, 5.41) is 11.5. The first-order chi connectivity index (χ1) is 12.8. The summed E-state index contributed by atoms with van der Waals surface area (Å²) in [6.07, 6.45) is 4.96. The van der Waals surface area contributed by atoms with Crippen LogP contribution in [0.1, 0.15) is 19.6 Å². The van der Waals surface area contributed by atoms with E-state index < -0.39 is 4.59 Å². The Labute approximate surface area is 157 Å². The molecule has 2 amide bonds. The Morgan fingerprint density at radius 3 is 2.56 bits per heavy atom. The summed E-state index contributed by atoms with van der Waals surface area (Å²) in [5.74, 6) is 0.166. The number of rotatable bonds is 5. The first kappa shape index (κ1) is 18.9. The summed E-state index contributed by atoms with van der Waals surface area (Å²) >= 11 is 0. The molecule has 1 aliphatic rings. The van der Waals surface area contributed by atoms with Crippen LogP contribution in [0.3, 0.4) is 0 Å². The van der Waals surface area contributed by atoms with Crippen molar-refractivity contribution in [1.29, 1.82) is 0 Å². The van der Waals surface area contributed by atoms with Crippen molar-refractivity contribution in [2.24, 2.45) is 5.10 Å². The third kappa shape index (κ3) is 3.67. The van der Waals surface area contributed by atoms with Crippen molar-refractivity contribution in [2.75, 3.05) is 14.1 Å². The smallest absolute Gasteiger partial charge is 0.353 e. The van der Waals surface area contributed by atoms with Gasteiger partial charge in [-0.3, -0.25) is 0 Å². The van der Waals surface area contributed by atoms with Crippen LogP contribution >= 0.6 is 0 Å². The van der Waals surface area contributed by atoms with Crippen molar-refractivity contribution in [2.45, 2.75) is 26.4 Å². The monoisotopic (exact) mass is 372 g/mol. The fraction of sp³-hybridized carbons (Fsp3) is 0.316. The highest BCUT2D eigenvalue weighted by atomic mass is 19.1. The molecule has 1 aromatic carbocycles. The minimum Gasteiger partial charge on any atom is -0.353 e. The number of nitrogens with zero attached hydrogens (tertiary/aromatic N) is 4. The van der Waals surface area contributed by atoms with E-state index in [0.717, 1.165) is 0 Å². The maximum atomic E-state index is 13.4. The number of carbonyl (C=O) groups is 1. The number of halogens is 1. The molecule has 0 radical (unpaired) electrons. The molecule has 1 N–H and O–H groups in total. The van der Waals surface area contributed by atoms with Crippen molar-refractivity contribution in [3.8, 4) is 11.3 Å². The van der Waals surface area contributed by atoms with Gasteiger partial charge < -0.3 is 14.7 Å². The number of nitrogens with one attached hydrogen (secondary N) is 1. The van der Waals surface area contributed by atoms with Gasteiger partial charge in [0.25, 0.3) is 0 Å². The molecule has 1 aromatic heterocycles. The van der Waals surface area contributed by atoms with Crippen LogP contribution in [0.15, 0.2) is 46.2 Å². The molecule has 0 saturated heterocycles. The summed E-state index contributed by atoms with van der Waals surface area (Å²) in [5.41, 5.74) is 1.61. The molecule has 0 saturated carbocycles. The van der Waals surface area contributed by atoms with Crippen molar-refractivity contribution < 1.29 is 13.7 Å². The first-order valence-electron chi connectivity index (χ1n) is 8.66. The molecule has 8 heteroatoms. The van der Waals surface area contributed by atoms with E-state index in [1.54, 1.807) is 30.6 Å². The number of urea groups is 1. The average Bonchev–Trinajstić information content (AvgIpc) is 3.22. The highest BCUT2D eigenvalue weighted by molar-refractivity contribution is 5.97. The summed E-state index contributed by atoms with van der Waals surface area (Å²) in [6, 6.07) is 5.53. The lowest BCUT2D eigenvalue weighted by Crippen LogP contribution is -2.52. The molecule has 2 heterocycles. The van der Waals surface area contributed by atoms with Crippen molar-refractivity contribution in [3.05, 3.63) is 48.1 Å². The number of aromatic nitrogens is 1. The van der Waals surface area contributed by atoms with Crippen LogP contribution < -0.4 is 9.91 Å². The zero-order chi connectivity index (χ0) is 19.6. The van der Waals surface area contributed by atoms with E-state index in [4.69, 9.17) is 4.52 Å². The number of carbonyl (C=O) groups excluding carboxylic acids is 1. The Morgan fingerprint density at radius 1 is 1.30 bits per heavy atom. The third-order valence-corrected chi connectivity index (χ3v) is 4.01. The van der Waals surface area contributed by atoms with Gasteiger partial charge in [-0.05, 0) is 52.2 Å². The van der Waals surface area contributed by atoms with Gasteiger partial charge in [-0.15, -0.1) is 0 Å². The largest absolute Gasteiger partial charge is 0.453 e. The Balaban J connectivity index is 2.20. The minimum absolute atomic E-state index is 0.0665. The van der Waals surface area contributed by atoms with Gasteiger partial charge in [0, 0.05) is 17.7 Å². The van der Waals surface area contributed by atoms with Crippen LogP contribution in [0.25, 0.3) is 11.3 Å². The quantitative estimate of drug-likeness (QED) is 0.816. The molecule has 27 heavy (non-hydrogen) atoms. The molecule has 1 unspecified atom stereocenters. The second-order valence-electron chi connectivity index (χ2n) is 6.94. The third-order valence-electron chi connectivity index (χ3n) is 4.01. The molecule has 1 atom stereocenters. The van der Waals surface area contributed by atoms with E-state index in [9.17, 15) is 9.18 Å². The molecular weight excluding hydrogens is 349 g/mol. The van der Waals surface area contributed by atoms with Crippen LogP contribution in [0.4, 0.5) is 14.9 Å². The fourth-order valence-electron chi connectivity index (χ4n) is 2.90. The zero-order valence-corrected chi connectivity index (χ0v) is 15.8. The second kappa shape index (κ2) is 7.42. The van der Waals surface area contributed by atoms with Crippen molar-refractivity contribution in [1.82, 2.24) is 20.0 Å². The topological polar surface area (TPSA) is 70.7 Å². The van der Waals surface area contributed by atoms with Gasteiger partial charge in [-0.2, -0.15) is 0 Å². The molecule has 0 aliphatic carbocycles. The Kier molecular flexibility index (Phi) is 5.20. The van der Waals surface area contributed by atoms with E-state index in [1.165, 1.54) is 12.1 Å². The average molecular weight is 372 g/mol. The van der Waals surface area contributed by atoms with Crippen LogP contribution in [-0.2, 0) is 6.54 Å². The number of hydrogen-bond acceptors (Lipinski definition) is 5. The standard InChI is InChI=1S/C19H22FN5O2/c1-13(2)22-19(26)25(11-5-10-21-25)18-16(12-24(3)4)27-23-17(18)14-6-8-15(20)9-7-14/h5-11,13H,12H2,1-4H3/p+1. The Bertz CT molecular complexity index is 872. The van der Waals surface area contributed by atoms with E-state index in [1.807, 2.05) is 32.8 Å². The predicted molar refractivity (Wildman–Crippen MR) is 102 cm³/mol. The van der Waals surface area contributed by atoms with Crippen molar-refractivity contribution in [3.63, 3.8) is 0 Å². The molecule has 3 rings (SSSR count). The molecule has 0 spiro atoms. The summed E-state index contributed by atoms with van der Waals surface area (Å²) in [6.45, 7) is 4.20. The SMILES string of the molecule is CC(C)NC(=O)[N+]1(c2c(-c3ccc(F)cc3)noc2CN(C)C)C=CC=N1. The summed E-state index contributed by atoms with van der Waals surface area (Å²) < 4.78 is 18.5. The first-order valence-corrected chi connectivity index (χ1v) is 8.66. The predicted octanol–water partition coefficient (Wildman–Crippen LogP) is 3.48. The number of amides is 2. The summed E-state index contributed by atoms with van der Waals surface area (Å²) in [4.78, 5) is 15.0. The van der Waals surface area contributed by atoms with E-state index in [0.29, 0.717) is 29.2 Å². The van der Waals surface area contributed by atoms with E-state index in [2.05, 4.69) is 15.6 Å². The molecule has 1 aliphatic heterocycles. The van der Waals surface area contributed by atoms with Crippen LogP contribution in [0.2, 0.25) is 0 Å². The van der Waals surface area contributed by atoms with Gasteiger partial charge in [-0.1, -0.05) is 14.9 Å². The van der Waals surface area contributed by atoms with Gasteiger partial charge in [0.1, 0.15) is 12.0 Å². The van der Waals surface area contributed by atoms with Crippen molar-refractivity contribution >= 4 is 17.9 Å². The van der Waals surface area contributed by atoms with E-state index in [-0.39, 0.29) is 17.9 Å². The Morgan fingerprint density at radius 2 is 2.00 bits per heavy atom. The molecule has 0 fully saturated rings. The Hall–Kier alpha value is -2.84. The molecular formula is C19H23FN5O2+. The van der Waals surface area contributed by atoms with Crippen LogP contribution in [0.5, 0.6) is 0 Å². The molecule has 7 nitrogen and oxygen atoms in total. The second-order valence-corrected chi connectivity index (χ2v) is 6.94. The van der Waals surface area contributed by atoms with Gasteiger partial charge in [0.2, 0.25) is 11.4 Å². The normalized spacial score (nSPS) is 18.6. The highest BCUT2D eigenvalue weighted by Gasteiger charge is 2.47. The molecule has 0 bridgehead atoms. The maximum Gasteiger partial charge on any atom is 0.453 e. The number of allylic oxidation sites excluding steroid dienone is 1. The lowest BCUT2D eigenvalue weighted by atomic mass is 10.1. The van der Waals surface area contributed by atoms with Gasteiger partial charge in [-0.25, -0.2) is 9.18 Å². The number of hydrogen-bond donors (Lipinski definition) is 1. The highest BCUT2D eigenvalue weighted by Crippen LogP contribution is 2.40. The molecule has 2 aromatic rings. The fourth-order valence-corrected chi connectivity index (χ4v) is 2.90. The summed E-state index contributed by atoms with van der Waals surface area (Å²) in [7, 11) is 3.79. The zero-order valence-electron chi connectivity index (χ0n) is 15.8.